The largest absolute Gasteiger partial charge is 0.497 e. The van der Waals surface area contributed by atoms with E-state index in [0.717, 1.165) is 11.3 Å². The van der Waals surface area contributed by atoms with E-state index < -0.39 is 0 Å². The fraction of sp³-hybridized carbons (Fsp3) is 0.0952. The van der Waals surface area contributed by atoms with Gasteiger partial charge in [0.25, 0.3) is 0 Å². The van der Waals surface area contributed by atoms with Gasteiger partial charge in [-0.25, -0.2) is 0 Å². The van der Waals surface area contributed by atoms with Crippen LogP contribution in [0.1, 0.15) is 22.7 Å². The molecule has 0 unspecified atom stereocenters. The van der Waals surface area contributed by atoms with Gasteiger partial charge >= 0.3 is 0 Å². The van der Waals surface area contributed by atoms with Crippen LogP contribution in [0.4, 0.5) is 0 Å². The van der Waals surface area contributed by atoms with Crippen LogP contribution in [0.25, 0.3) is 0 Å². The van der Waals surface area contributed by atoms with Gasteiger partial charge in [-0.1, -0.05) is 72.8 Å². The van der Waals surface area contributed by atoms with E-state index >= 15 is 0 Å². The highest BCUT2D eigenvalue weighted by Crippen LogP contribution is 2.25. The second-order valence-corrected chi connectivity index (χ2v) is 5.28. The maximum Gasteiger partial charge on any atom is 0.119 e. The Kier molecular flexibility index (Phi) is 4.85. The number of nitrogens with zero attached hydrogens (tertiary/aromatic N) is 1. The van der Waals surface area contributed by atoms with E-state index in [1.54, 1.807) is 7.11 Å². The van der Waals surface area contributed by atoms with Crippen molar-refractivity contribution in [3.05, 3.63) is 102 Å². The van der Waals surface area contributed by atoms with Crippen LogP contribution in [0.3, 0.4) is 0 Å². The van der Waals surface area contributed by atoms with Crippen molar-refractivity contribution in [1.29, 1.82) is 0 Å². The fourth-order valence-electron chi connectivity index (χ4n) is 2.52. The standard InChI is InChI=1S/C21H19NO/c1-23-20-14-8-9-17(15-20)16-22-21(18-10-4-2-5-11-18)19-12-6-3-7-13-19/h2-16,21H,1H3. The average Bonchev–Trinajstić information content (AvgIpc) is 2.64. The van der Waals surface area contributed by atoms with Gasteiger partial charge in [-0.15, -0.1) is 0 Å². The first-order valence-corrected chi connectivity index (χ1v) is 7.64. The molecule has 0 aliphatic heterocycles. The van der Waals surface area contributed by atoms with Crippen LogP contribution in [0.15, 0.2) is 89.9 Å². The van der Waals surface area contributed by atoms with Crippen molar-refractivity contribution < 1.29 is 4.74 Å². The summed E-state index contributed by atoms with van der Waals surface area (Å²) in [6.07, 6.45) is 1.91. The molecular weight excluding hydrogens is 282 g/mol. The van der Waals surface area contributed by atoms with Crippen molar-refractivity contribution in [1.82, 2.24) is 0 Å². The summed E-state index contributed by atoms with van der Waals surface area (Å²) in [5.41, 5.74) is 3.39. The van der Waals surface area contributed by atoms with E-state index in [-0.39, 0.29) is 6.04 Å². The van der Waals surface area contributed by atoms with Gasteiger partial charge in [0.05, 0.1) is 13.2 Å². The monoisotopic (exact) mass is 301 g/mol. The molecule has 0 atom stereocenters. The van der Waals surface area contributed by atoms with E-state index in [1.807, 2.05) is 66.9 Å². The van der Waals surface area contributed by atoms with E-state index in [4.69, 9.17) is 9.73 Å². The predicted molar refractivity (Wildman–Crippen MR) is 95.3 cm³/mol. The summed E-state index contributed by atoms with van der Waals surface area (Å²) in [4.78, 5) is 4.83. The molecule has 0 saturated heterocycles. The Balaban J connectivity index is 1.94. The molecule has 2 nitrogen and oxygen atoms in total. The minimum absolute atomic E-state index is 0.0106. The number of aliphatic imine (C=N–C) groups is 1. The molecule has 0 aliphatic rings. The zero-order valence-electron chi connectivity index (χ0n) is 13.1. The molecule has 3 aromatic carbocycles. The van der Waals surface area contributed by atoms with Gasteiger partial charge in [-0.05, 0) is 28.8 Å². The summed E-state index contributed by atoms with van der Waals surface area (Å²) < 4.78 is 5.27. The minimum Gasteiger partial charge on any atom is -0.497 e. The molecule has 0 aromatic heterocycles. The Bertz CT molecular complexity index is 727. The quantitative estimate of drug-likeness (QED) is 0.614. The highest BCUT2D eigenvalue weighted by atomic mass is 16.5. The lowest BCUT2D eigenvalue weighted by Crippen LogP contribution is -1.99. The Morgan fingerprint density at radius 3 is 1.96 bits per heavy atom. The van der Waals surface area contributed by atoms with Crippen LogP contribution >= 0.6 is 0 Å². The average molecular weight is 301 g/mol. The molecule has 0 spiro atoms. The van der Waals surface area contributed by atoms with Crippen LogP contribution in [0, 0.1) is 0 Å². The highest BCUT2D eigenvalue weighted by Gasteiger charge is 2.11. The first-order valence-electron chi connectivity index (χ1n) is 7.64. The normalized spacial score (nSPS) is 11.0. The lowest BCUT2D eigenvalue weighted by molar-refractivity contribution is 0.415. The Morgan fingerprint density at radius 2 is 1.39 bits per heavy atom. The third-order valence-corrected chi connectivity index (χ3v) is 3.70. The van der Waals surface area contributed by atoms with Crippen molar-refractivity contribution in [2.45, 2.75) is 6.04 Å². The molecule has 0 fully saturated rings. The highest BCUT2D eigenvalue weighted by molar-refractivity contribution is 5.80. The van der Waals surface area contributed by atoms with E-state index in [1.165, 1.54) is 11.1 Å². The topological polar surface area (TPSA) is 21.6 Å². The fourth-order valence-corrected chi connectivity index (χ4v) is 2.52. The van der Waals surface area contributed by atoms with Gasteiger partial charge in [0.1, 0.15) is 5.75 Å². The number of benzene rings is 3. The number of rotatable bonds is 5. The second-order valence-electron chi connectivity index (χ2n) is 5.28. The third kappa shape index (κ3) is 3.86. The summed E-state index contributed by atoms with van der Waals surface area (Å²) in [5.74, 6) is 0.838. The van der Waals surface area contributed by atoms with Gasteiger partial charge in [0.15, 0.2) is 0 Å². The summed E-state index contributed by atoms with van der Waals surface area (Å²) in [6, 6.07) is 28.6. The van der Waals surface area contributed by atoms with Crippen LogP contribution < -0.4 is 4.74 Å². The number of ether oxygens (including phenoxy) is 1. The molecule has 2 heteroatoms. The van der Waals surface area contributed by atoms with Crippen LogP contribution in [0.2, 0.25) is 0 Å². The Hall–Kier alpha value is -2.87. The van der Waals surface area contributed by atoms with E-state index in [0.29, 0.717) is 0 Å². The summed E-state index contributed by atoms with van der Waals surface area (Å²) in [5, 5.41) is 0. The van der Waals surface area contributed by atoms with Crippen LogP contribution in [-0.2, 0) is 0 Å². The lowest BCUT2D eigenvalue weighted by atomic mass is 9.99. The smallest absolute Gasteiger partial charge is 0.119 e. The predicted octanol–water partition coefficient (Wildman–Crippen LogP) is 4.90. The molecular formula is C21H19NO. The molecule has 0 saturated carbocycles. The number of hydrogen-bond acceptors (Lipinski definition) is 2. The zero-order valence-corrected chi connectivity index (χ0v) is 13.1. The molecule has 0 amide bonds. The second kappa shape index (κ2) is 7.41. The number of methoxy groups -OCH3 is 1. The molecule has 0 radical (unpaired) electrons. The van der Waals surface area contributed by atoms with Gasteiger partial charge in [0.2, 0.25) is 0 Å². The van der Waals surface area contributed by atoms with E-state index in [2.05, 4.69) is 24.3 Å². The molecule has 0 heterocycles. The van der Waals surface area contributed by atoms with Gasteiger partial charge < -0.3 is 4.74 Å². The van der Waals surface area contributed by atoms with Gasteiger partial charge in [-0.2, -0.15) is 0 Å². The molecule has 23 heavy (non-hydrogen) atoms. The maximum atomic E-state index is 5.27. The molecule has 0 N–H and O–H groups in total. The summed E-state index contributed by atoms with van der Waals surface area (Å²) in [6.45, 7) is 0. The molecule has 3 aromatic rings. The van der Waals surface area contributed by atoms with Crippen LogP contribution in [0.5, 0.6) is 5.75 Å². The van der Waals surface area contributed by atoms with Gasteiger partial charge in [0, 0.05) is 6.21 Å². The van der Waals surface area contributed by atoms with E-state index in [9.17, 15) is 0 Å². The summed E-state index contributed by atoms with van der Waals surface area (Å²) in [7, 11) is 1.67. The van der Waals surface area contributed by atoms with Crippen molar-refractivity contribution >= 4 is 6.21 Å². The molecule has 0 bridgehead atoms. The summed E-state index contributed by atoms with van der Waals surface area (Å²) >= 11 is 0. The van der Waals surface area contributed by atoms with Crippen molar-refractivity contribution in [2.75, 3.05) is 7.11 Å². The first kappa shape index (κ1) is 15.0. The lowest BCUT2D eigenvalue weighted by Gasteiger charge is -2.13. The number of hydrogen-bond donors (Lipinski definition) is 0. The maximum absolute atomic E-state index is 5.27. The van der Waals surface area contributed by atoms with Crippen molar-refractivity contribution in [2.24, 2.45) is 4.99 Å². The molecule has 3 rings (SSSR count). The molecule has 0 aliphatic carbocycles. The Morgan fingerprint density at radius 1 is 0.783 bits per heavy atom. The minimum atomic E-state index is -0.0106. The van der Waals surface area contributed by atoms with Crippen LogP contribution in [-0.4, -0.2) is 13.3 Å². The third-order valence-electron chi connectivity index (χ3n) is 3.70. The molecule has 114 valence electrons. The Labute approximate surface area is 137 Å². The zero-order chi connectivity index (χ0) is 15.9. The SMILES string of the molecule is COc1cccc(C=NC(c2ccccc2)c2ccccc2)c1. The van der Waals surface area contributed by atoms with Gasteiger partial charge in [-0.3, -0.25) is 4.99 Å². The first-order chi connectivity index (χ1) is 11.4. The van der Waals surface area contributed by atoms with Crippen molar-refractivity contribution in [3.8, 4) is 5.75 Å². The van der Waals surface area contributed by atoms with Crippen molar-refractivity contribution in [3.63, 3.8) is 0 Å².